The van der Waals surface area contributed by atoms with Crippen molar-refractivity contribution >= 4 is 12.0 Å². The zero-order chi connectivity index (χ0) is 15.3. The molecule has 2 amide bonds. The summed E-state index contributed by atoms with van der Waals surface area (Å²) in [5.74, 6) is -0.599. The van der Waals surface area contributed by atoms with Gasteiger partial charge in [0.05, 0.1) is 0 Å². The monoisotopic (exact) mass is 285 g/mol. The first-order valence-corrected chi connectivity index (χ1v) is 7.32. The fourth-order valence-electron chi connectivity index (χ4n) is 2.60. The lowest BCUT2D eigenvalue weighted by molar-refractivity contribution is -0.138. The van der Waals surface area contributed by atoms with Gasteiger partial charge in [0, 0.05) is 18.6 Å². The van der Waals surface area contributed by atoms with E-state index in [4.69, 9.17) is 5.11 Å². The number of nitrogens with zero attached hydrogens (tertiary/aromatic N) is 2. The van der Waals surface area contributed by atoms with E-state index in [1.165, 1.54) is 4.90 Å². The van der Waals surface area contributed by atoms with Gasteiger partial charge in [-0.1, -0.05) is 13.8 Å². The molecule has 1 fully saturated rings. The topological polar surface area (TPSA) is 72.9 Å². The third-order valence-electron chi connectivity index (χ3n) is 4.11. The SMILES string of the molecule is CCC(C)N(CC(=O)O)C(=O)NC1CCN(C)CC1C. The van der Waals surface area contributed by atoms with Gasteiger partial charge in [-0.05, 0) is 39.3 Å². The highest BCUT2D eigenvalue weighted by Crippen LogP contribution is 2.16. The summed E-state index contributed by atoms with van der Waals surface area (Å²) in [4.78, 5) is 26.9. The van der Waals surface area contributed by atoms with E-state index in [2.05, 4.69) is 24.2 Å². The van der Waals surface area contributed by atoms with E-state index in [-0.39, 0.29) is 24.7 Å². The number of aliphatic carboxylic acids is 1. The maximum absolute atomic E-state index is 12.3. The Kier molecular flexibility index (Phi) is 6.26. The van der Waals surface area contributed by atoms with Gasteiger partial charge in [-0.3, -0.25) is 4.79 Å². The Balaban J connectivity index is 2.63. The first kappa shape index (κ1) is 16.8. The van der Waals surface area contributed by atoms with E-state index >= 15 is 0 Å². The van der Waals surface area contributed by atoms with E-state index in [0.29, 0.717) is 5.92 Å². The number of amides is 2. The van der Waals surface area contributed by atoms with E-state index in [1.807, 2.05) is 13.8 Å². The number of urea groups is 1. The summed E-state index contributed by atoms with van der Waals surface area (Å²) >= 11 is 0. The highest BCUT2D eigenvalue weighted by atomic mass is 16.4. The molecule has 0 bridgehead atoms. The molecule has 3 atom stereocenters. The molecule has 3 unspecified atom stereocenters. The van der Waals surface area contributed by atoms with Crippen LogP contribution in [-0.2, 0) is 4.79 Å². The second-order valence-electron chi connectivity index (χ2n) is 5.86. The average Bonchev–Trinajstić information content (AvgIpc) is 2.38. The number of hydrogen-bond acceptors (Lipinski definition) is 3. The van der Waals surface area contributed by atoms with Crippen molar-refractivity contribution in [2.24, 2.45) is 5.92 Å². The van der Waals surface area contributed by atoms with Crippen LogP contribution in [0.25, 0.3) is 0 Å². The zero-order valence-corrected chi connectivity index (χ0v) is 12.9. The van der Waals surface area contributed by atoms with Gasteiger partial charge in [0.2, 0.25) is 0 Å². The van der Waals surface area contributed by atoms with Gasteiger partial charge in [-0.2, -0.15) is 0 Å². The molecule has 1 rings (SSSR count). The molecule has 116 valence electrons. The highest BCUT2D eigenvalue weighted by Gasteiger charge is 2.29. The highest BCUT2D eigenvalue weighted by molar-refractivity contribution is 5.80. The second-order valence-corrected chi connectivity index (χ2v) is 5.86. The van der Waals surface area contributed by atoms with Gasteiger partial charge in [0.15, 0.2) is 0 Å². The minimum absolute atomic E-state index is 0.0762. The van der Waals surface area contributed by atoms with Gasteiger partial charge >= 0.3 is 12.0 Å². The first-order valence-electron chi connectivity index (χ1n) is 7.32. The Labute approximate surface area is 121 Å². The molecule has 0 spiro atoms. The van der Waals surface area contributed by atoms with Crippen LogP contribution in [0.1, 0.15) is 33.6 Å². The number of hydrogen-bond donors (Lipinski definition) is 2. The molecular formula is C14H27N3O3. The van der Waals surface area contributed by atoms with E-state index in [0.717, 1.165) is 25.9 Å². The van der Waals surface area contributed by atoms with Crippen molar-refractivity contribution in [1.82, 2.24) is 15.1 Å². The van der Waals surface area contributed by atoms with Crippen molar-refractivity contribution in [1.29, 1.82) is 0 Å². The molecule has 1 saturated heterocycles. The molecule has 1 aliphatic rings. The standard InChI is InChI=1S/C14H27N3O3/c1-5-11(3)17(9-13(18)19)14(20)15-12-6-7-16(4)8-10(12)2/h10-12H,5-9H2,1-4H3,(H,15,20)(H,18,19). The molecule has 0 aromatic rings. The van der Waals surface area contributed by atoms with Gasteiger partial charge in [-0.15, -0.1) is 0 Å². The number of carboxylic acid groups (broad SMARTS) is 1. The minimum atomic E-state index is -0.975. The molecule has 0 radical (unpaired) electrons. The van der Waals surface area contributed by atoms with Crippen molar-refractivity contribution in [3.63, 3.8) is 0 Å². The summed E-state index contributed by atoms with van der Waals surface area (Å²) in [7, 11) is 2.07. The number of carboxylic acids is 1. The van der Waals surface area contributed by atoms with Gasteiger partial charge < -0.3 is 20.2 Å². The molecule has 6 heteroatoms. The first-order chi connectivity index (χ1) is 9.35. The quantitative estimate of drug-likeness (QED) is 0.796. The number of likely N-dealkylation sites (tertiary alicyclic amines) is 1. The van der Waals surface area contributed by atoms with Crippen LogP contribution in [0.4, 0.5) is 4.79 Å². The average molecular weight is 285 g/mol. The van der Waals surface area contributed by atoms with Crippen LogP contribution in [0.5, 0.6) is 0 Å². The van der Waals surface area contributed by atoms with Crippen molar-refractivity contribution in [2.45, 2.75) is 45.7 Å². The number of nitrogens with one attached hydrogen (secondary N) is 1. The Morgan fingerprint density at radius 3 is 2.65 bits per heavy atom. The van der Waals surface area contributed by atoms with E-state index in [1.54, 1.807) is 0 Å². The lowest BCUT2D eigenvalue weighted by Gasteiger charge is -2.37. The summed E-state index contributed by atoms with van der Waals surface area (Å²) in [5.41, 5.74) is 0. The maximum atomic E-state index is 12.3. The fraction of sp³-hybridized carbons (Fsp3) is 0.857. The predicted octanol–water partition coefficient (Wildman–Crippen LogP) is 1.22. The molecule has 1 aliphatic heterocycles. The molecular weight excluding hydrogens is 258 g/mol. The normalized spacial score (nSPS) is 25.0. The lowest BCUT2D eigenvalue weighted by Crippen LogP contribution is -2.54. The number of rotatable bonds is 5. The van der Waals surface area contributed by atoms with Crippen LogP contribution in [-0.4, -0.2) is 65.7 Å². The van der Waals surface area contributed by atoms with Crippen LogP contribution >= 0.6 is 0 Å². The van der Waals surface area contributed by atoms with Gasteiger partial charge in [-0.25, -0.2) is 4.79 Å². The molecule has 0 aromatic heterocycles. The number of carbonyl (C=O) groups is 2. The molecule has 20 heavy (non-hydrogen) atoms. The predicted molar refractivity (Wildman–Crippen MR) is 77.7 cm³/mol. The summed E-state index contributed by atoms with van der Waals surface area (Å²) < 4.78 is 0. The summed E-state index contributed by atoms with van der Waals surface area (Å²) in [6, 6.07) is -0.213. The van der Waals surface area contributed by atoms with Crippen molar-refractivity contribution in [2.75, 3.05) is 26.7 Å². The number of piperidine rings is 1. The second kappa shape index (κ2) is 7.47. The van der Waals surface area contributed by atoms with Gasteiger partial charge in [0.25, 0.3) is 0 Å². The van der Waals surface area contributed by atoms with E-state index in [9.17, 15) is 9.59 Å². The van der Waals surface area contributed by atoms with Crippen molar-refractivity contribution in [3.8, 4) is 0 Å². The third kappa shape index (κ3) is 4.67. The van der Waals surface area contributed by atoms with Gasteiger partial charge in [0.1, 0.15) is 6.54 Å². The fourth-order valence-corrected chi connectivity index (χ4v) is 2.60. The largest absolute Gasteiger partial charge is 0.480 e. The van der Waals surface area contributed by atoms with Crippen molar-refractivity contribution in [3.05, 3.63) is 0 Å². The summed E-state index contributed by atoms with van der Waals surface area (Å²) in [6.45, 7) is 7.60. The molecule has 2 N–H and O–H groups in total. The van der Waals surface area contributed by atoms with Crippen molar-refractivity contribution < 1.29 is 14.7 Å². The molecule has 0 aromatic carbocycles. The Bertz CT molecular complexity index is 349. The van der Waals surface area contributed by atoms with Crippen LogP contribution < -0.4 is 5.32 Å². The van der Waals surface area contributed by atoms with Crippen LogP contribution in [0.15, 0.2) is 0 Å². The molecule has 0 saturated carbocycles. The maximum Gasteiger partial charge on any atom is 0.323 e. The minimum Gasteiger partial charge on any atom is -0.480 e. The molecule has 0 aliphatic carbocycles. The Hall–Kier alpha value is -1.30. The third-order valence-corrected chi connectivity index (χ3v) is 4.11. The zero-order valence-electron chi connectivity index (χ0n) is 12.9. The van der Waals surface area contributed by atoms with E-state index < -0.39 is 5.97 Å². The summed E-state index contributed by atoms with van der Waals surface area (Å²) in [5, 5.41) is 11.9. The Morgan fingerprint density at radius 1 is 1.50 bits per heavy atom. The lowest BCUT2D eigenvalue weighted by atomic mass is 9.94. The summed E-state index contributed by atoms with van der Waals surface area (Å²) in [6.07, 6.45) is 1.65. The van der Waals surface area contributed by atoms with Crippen LogP contribution in [0, 0.1) is 5.92 Å². The Morgan fingerprint density at radius 2 is 2.15 bits per heavy atom. The van der Waals surface area contributed by atoms with Crippen LogP contribution in [0.2, 0.25) is 0 Å². The van der Waals surface area contributed by atoms with Crippen LogP contribution in [0.3, 0.4) is 0 Å². The smallest absolute Gasteiger partial charge is 0.323 e. The molecule has 6 nitrogen and oxygen atoms in total. The molecule has 1 heterocycles. The number of carbonyl (C=O) groups excluding carboxylic acids is 1.